The number of aliphatic carboxylic acids is 1. The highest BCUT2D eigenvalue weighted by Gasteiger charge is 2.24. The number of aromatic hydroxyl groups is 1. The van der Waals surface area contributed by atoms with Crippen LogP contribution in [0.2, 0.25) is 5.02 Å². The summed E-state index contributed by atoms with van der Waals surface area (Å²) in [7, 11) is 0. The fourth-order valence-electron chi connectivity index (χ4n) is 5.37. The minimum Gasteiger partial charge on any atom is -0.508 e. The summed E-state index contributed by atoms with van der Waals surface area (Å²) in [6, 6.07) is 24.2. The molecule has 10 heteroatoms. The van der Waals surface area contributed by atoms with Crippen molar-refractivity contribution in [3.8, 4) is 11.5 Å². The number of nitrogens with zero attached hydrogens (tertiary/aromatic N) is 3. The number of nitrogens with one attached hydrogen (secondary N) is 1. The Bertz CT molecular complexity index is 1800. The van der Waals surface area contributed by atoms with Crippen molar-refractivity contribution < 1.29 is 24.5 Å². The van der Waals surface area contributed by atoms with E-state index in [2.05, 4.69) is 27.8 Å². The molecule has 3 N–H and O–H groups in total. The maximum atomic E-state index is 13.2. The lowest BCUT2D eigenvalue weighted by Crippen LogP contribution is -2.30. The van der Waals surface area contributed by atoms with Crippen molar-refractivity contribution in [3.63, 3.8) is 0 Å². The van der Waals surface area contributed by atoms with Crippen molar-refractivity contribution in [2.75, 3.05) is 0 Å². The van der Waals surface area contributed by atoms with Gasteiger partial charge in [0.15, 0.2) is 0 Å². The summed E-state index contributed by atoms with van der Waals surface area (Å²) >= 11 is 6.48. The van der Waals surface area contributed by atoms with Crippen molar-refractivity contribution in [1.29, 1.82) is 0 Å². The second kappa shape index (κ2) is 11.5. The Balaban J connectivity index is 1.20. The Morgan fingerprint density at radius 3 is 2.74 bits per heavy atom. The molecule has 5 aromatic rings. The van der Waals surface area contributed by atoms with E-state index >= 15 is 0 Å². The molecule has 2 unspecified atom stereocenters. The van der Waals surface area contributed by atoms with Gasteiger partial charge in [0.25, 0.3) is 5.91 Å². The van der Waals surface area contributed by atoms with E-state index in [0.717, 1.165) is 19.3 Å². The summed E-state index contributed by atoms with van der Waals surface area (Å²) in [4.78, 5) is 25.1. The van der Waals surface area contributed by atoms with E-state index in [9.17, 15) is 19.8 Å². The van der Waals surface area contributed by atoms with Gasteiger partial charge >= 0.3 is 5.97 Å². The molecular formula is C32H27ClN4O5. The third-order valence-corrected chi connectivity index (χ3v) is 7.81. The fraction of sp³-hybridized carbons (Fsp3) is 0.188. The van der Waals surface area contributed by atoms with Crippen molar-refractivity contribution in [3.05, 3.63) is 118 Å². The van der Waals surface area contributed by atoms with Crippen molar-refractivity contribution >= 4 is 34.5 Å². The first-order valence-corrected chi connectivity index (χ1v) is 13.9. The average molecular weight is 583 g/mol. The molecule has 1 aliphatic rings. The van der Waals surface area contributed by atoms with Crippen molar-refractivity contribution in [1.82, 2.24) is 20.3 Å². The summed E-state index contributed by atoms with van der Waals surface area (Å²) in [6.07, 6.45) is 1.61. The summed E-state index contributed by atoms with van der Waals surface area (Å²) in [5, 5.41) is 31.7. The predicted molar refractivity (Wildman–Crippen MR) is 157 cm³/mol. The van der Waals surface area contributed by atoms with Gasteiger partial charge in [0.05, 0.1) is 18.1 Å². The number of rotatable bonds is 8. The van der Waals surface area contributed by atoms with Crippen LogP contribution >= 0.6 is 11.6 Å². The Morgan fingerprint density at radius 1 is 1.05 bits per heavy atom. The van der Waals surface area contributed by atoms with Crippen LogP contribution in [0.25, 0.3) is 11.0 Å². The van der Waals surface area contributed by atoms with E-state index in [-0.39, 0.29) is 30.0 Å². The van der Waals surface area contributed by atoms with E-state index in [1.165, 1.54) is 23.3 Å². The number of carbonyl (C=O) groups excluding carboxylic acids is 1. The van der Waals surface area contributed by atoms with Gasteiger partial charge in [-0.25, -0.2) is 9.48 Å². The van der Waals surface area contributed by atoms with Crippen LogP contribution in [0.1, 0.15) is 57.6 Å². The van der Waals surface area contributed by atoms with Gasteiger partial charge in [-0.3, -0.25) is 4.79 Å². The molecule has 212 valence electrons. The van der Waals surface area contributed by atoms with Gasteiger partial charge in [-0.15, -0.1) is 5.10 Å². The van der Waals surface area contributed by atoms with Gasteiger partial charge in [0.2, 0.25) is 6.10 Å². The monoisotopic (exact) mass is 582 g/mol. The molecule has 0 fully saturated rings. The Kier molecular flexibility index (Phi) is 7.50. The Hall–Kier alpha value is -4.89. The molecule has 0 radical (unpaired) electrons. The molecule has 1 aromatic heterocycles. The molecule has 0 saturated carbocycles. The van der Waals surface area contributed by atoms with E-state index in [1.54, 1.807) is 53.2 Å². The molecule has 2 atom stereocenters. The lowest BCUT2D eigenvalue weighted by atomic mass is 9.87. The largest absolute Gasteiger partial charge is 0.508 e. The number of carboxylic acids is 1. The second-order valence-electron chi connectivity index (χ2n) is 10.3. The van der Waals surface area contributed by atoms with Crippen LogP contribution in [0, 0.1) is 0 Å². The van der Waals surface area contributed by atoms with E-state index < -0.39 is 12.1 Å². The number of hydrogen-bond donors (Lipinski definition) is 3. The summed E-state index contributed by atoms with van der Waals surface area (Å²) < 4.78 is 7.44. The smallest absolute Gasteiger partial charge is 0.349 e. The highest BCUT2D eigenvalue weighted by Crippen LogP contribution is 2.31. The highest BCUT2D eigenvalue weighted by atomic mass is 35.5. The van der Waals surface area contributed by atoms with Crippen molar-refractivity contribution in [2.45, 2.75) is 38.0 Å². The number of carbonyl (C=O) groups is 2. The minimum atomic E-state index is -1.33. The molecular weight excluding hydrogens is 556 g/mol. The first-order valence-electron chi connectivity index (χ1n) is 13.5. The quantitative estimate of drug-likeness (QED) is 0.209. The number of aryl methyl sites for hydroxylation is 1. The Morgan fingerprint density at radius 2 is 1.90 bits per heavy atom. The molecule has 0 bridgehead atoms. The first-order chi connectivity index (χ1) is 20.4. The predicted octanol–water partition coefficient (Wildman–Crippen LogP) is 5.85. The maximum absolute atomic E-state index is 13.2. The average Bonchev–Trinajstić information content (AvgIpc) is 3.39. The molecule has 0 saturated heterocycles. The molecule has 0 aliphatic heterocycles. The van der Waals surface area contributed by atoms with E-state index in [0.29, 0.717) is 32.7 Å². The summed E-state index contributed by atoms with van der Waals surface area (Å²) in [5.41, 5.74) is 5.15. The number of carboxylic acid groups (broad SMARTS) is 1. The lowest BCUT2D eigenvalue weighted by Gasteiger charge is -2.26. The topological polar surface area (TPSA) is 127 Å². The highest BCUT2D eigenvalue weighted by molar-refractivity contribution is 6.31. The normalized spacial score (nSPS) is 15.1. The maximum Gasteiger partial charge on any atom is 0.349 e. The number of amides is 1. The zero-order valence-electron chi connectivity index (χ0n) is 22.4. The fourth-order valence-corrected chi connectivity index (χ4v) is 5.54. The molecule has 42 heavy (non-hydrogen) atoms. The first kappa shape index (κ1) is 27.3. The zero-order valence-corrected chi connectivity index (χ0v) is 23.2. The number of ether oxygens (including phenoxy) is 1. The third-order valence-electron chi connectivity index (χ3n) is 7.44. The van der Waals surface area contributed by atoms with Gasteiger partial charge < -0.3 is 20.3 Å². The zero-order chi connectivity index (χ0) is 29.2. The molecule has 9 nitrogen and oxygen atoms in total. The third kappa shape index (κ3) is 5.64. The summed E-state index contributed by atoms with van der Waals surface area (Å²) in [6.45, 7) is 0.237. The second-order valence-corrected chi connectivity index (χ2v) is 10.7. The van der Waals surface area contributed by atoms with Gasteiger partial charge in [-0.05, 0) is 84.5 Å². The van der Waals surface area contributed by atoms with Gasteiger partial charge in [0, 0.05) is 16.1 Å². The Labute approximate surface area is 246 Å². The van der Waals surface area contributed by atoms with Crippen LogP contribution in [0.4, 0.5) is 0 Å². The number of aromatic nitrogens is 3. The van der Waals surface area contributed by atoms with Crippen molar-refractivity contribution in [2.24, 2.45) is 0 Å². The van der Waals surface area contributed by atoms with Gasteiger partial charge in [-0.1, -0.05) is 53.2 Å². The molecule has 1 heterocycles. The SMILES string of the molecule is O=C(NC1CCCc2ccccc21)c1ccc2c(c1)nnn2Cc1cc(OC(C(=O)O)c2cccc(O)c2)ccc1Cl. The lowest BCUT2D eigenvalue weighted by molar-refractivity contribution is -0.145. The number of fused-ring (bicyclic) bond motifs is 2. The number of hydrogen-bond acceptors (Lipinski definition) is 6. The number of benzene rings is 4. The molecule has 4 aromatic carbocycles. The number of phenolic OH excluding ortho intramolecular Hbond substituents is 1. The minimum absolute atomic E-state index is 0.0289. The molecule has 1 aliphatic carbocycles. The van der Waals surface area contributed by atoms with Crippen LogP contribution in [0.3, 0.4) is 0 Å². The van der Waals surface area contributed by atoms with Crippen LogP contribution in [0.5, 0.6) is 11.5 Å². The van der Waals surface area contributed by atoms with Crippen LogP contribution < -0.4 is 10.1 Å². The van der Waals surface area contributed by atoms with Gasteiger partial charge in [-0.2, -0.15) is 0 Å². The molecule has 0 spiro atoms. The molecule has 1 amide bonds. The van der Waals surface area contributed by atoms with E-state index in [1.807, 2.05) is 12.1 Å². The van der Waals surface area contributed by atoms with Crippen LogP contribution in [-0.2, 0) is 17.8 Å². The summed E-state index contributed by atoms with van der Waals surface area (Å²) in [5.74, 6) is -1.14. The molecule has 6 rings (SSSR count). The van der Waals surface area contributed by atoms with E-state index in [4.69, 9.17) is 16.3 Å². The van der Waals surface area contributed by atoms with Crippen LogP contribution in [0.15, 0.2) is 84.9 Å². The standard InChI is InChI=1S/C32H27ClN4O5/c33-26-13-12-24(42-30(32(40)41)20-7-3-8-23(38)15-20)16-22(26)18-37-29-14-11-21(17-28(29)35-36-37)31(39)34-27-10-4-6-19-5-1-2-9-25(19)27/h1-3,5,7-9,11-17,27,30,38H,4,6,10,18H2,(H,34,39)(H,40,41). The number of halogens is 1. The van der Waals surface area contributed by atoms with Gasteiger partial charge in [0.1, 0.15) is 17.0 Å². The van der Waals surface area contributed by atoms with Crippen LogP contribution in [-0.4, -0.2) is 37.1 Å². The number of phenols is 1.